The van der Waals surface area contributed by atoms with Gasteiger partial charge in [-0.05, 0) is 12.1 Å². The number of rotatable bonds is 5. The van der Waals surface area contributed by atoms with Crippen molar-refractivity contribution in [3.05, 3.63) is 40.6 Å². The zero-order valence-corrected chi connectivity index (χ0v) is 9.70. The molecule has 2 rings (SSSR count). The number of nitrogens with one attached hydrogen (secondary N) is 1. The summed E-state index contributed by atoms with van der Waals surface area (Å²) in [6.07, 6.45) is 2.60. The van der Waals surface area contributed by atoms with E-state index in [-0.39, 0.29) is 0 Å². The molecular formula is C11H14N4S. The van der Waals surface area contributed by atoms with Gasteiger partial charge in [0, 0.05) is 30.6 Å². The fraction of sp³-hybridized carbons (Fsp3) is 0.273. The van der Waals surface area contributed by atoms with Crippen molar-refractivity contribution in [2.75, 3.05) is 12.3 Å². The molecule has 0 aliphatic carbocycles. The largest absolute Gasteiger partial charge is 0.397 e. The first-order chi connectivity index (χ1) is 7.84. The monoisotopic (exact) mass is 234 g/mol. The van der Waals surface area contributed by atoms with Crippen LogP contribution in [0.5, 0.6) is 0 Å². The highest BCUT2D eigenvalue weighted by molar-refractivity contribution is 7.07. The Morgan fingerprint density at radius 3 is 2.88 bits per heavy atom. The van der Waals surface area contributed by atoms with Gasteiger partial charge >= 0.3 is 0 Å². The molecular weight excluding hydrogens is 220 g/mol. The molecule has 0 aliphatic heterocycles. The summed E-state index contributed by atoms with van der Waals surface area (Å²) in [7, 11) is 0. The lowest BCUT2D eigenvalue weighted by molar-refractivity contribution is 0.671. The third kappa shape index (κ3) is 3.29. The number of thiazole rings is 1. The van der Waals surface area contributed by atoms with Gasteiger partial charge in [0.1, 0.15) is 0 Å². The Labute approximate surface area is 98.6 Å². The van der Waals surface area contributed by atoms with Crippen molar-refractivity contribution in [3.8, 4) is 0 Å². The summed E-state index contributed by atoms with van der Waals surface area (Å²) < 4.78 is 0. The van der Waals surface area contributed by atoms with Gasteiger partial charge in [-0.3, -0.25) is 4.98 Å². The van der Waals surface area contributed by atoms with Crippen molar-refractivity contribution in [2.45, 2.75) is 13.0 Å². The van der Waals surface area contributed by atoms with Gasteiger partial charge in [0.25, 0.3) is 0 Å². The molecule has 4 nitrogen and oxygen atoms in total. The van der Waals surface area contributed by atoms with Crippen LogP contribution in [0.1, 0.15) is 11.4 Å². The molecule has 0 aliphatic rings. The lowest BCUT2D eigenvalue weighted by Gasteiger charge is -2.02. The summed E-state index contributed by atoms with van der Waals surface area (Å²) >= 11 is 1.62. The molecule has 0 aromatic carbocycles. The minimum atomic E-state index is 0.708. The summed E-state index contributed by atoms with van der Waals surface area (Å²) in [5.41, 5.74) is 10.3. The number of nitrogens with zero attached hydrogens (tertiary/aromatic N) is 2. The van der Waals surface area contributed by atoms with Crippen LogP contribution in [0.3, 0.4) is 0 Å². The summed E-state index contributed by atoms with van der Waals surface area (Å²) in [5.74, 6) is 0. The molecule has 3 N–H and O–H groups in total. The van der Waals surface area contributed by atoms with Crippen LogP contribution in [0.25, 0.3) is 0 Å². The smallest absolute Gasteiger partial charge is 0.0795 e. The molecule has 2 aromatic rings. The number of nitrogens with two attached hydrogens (primary N) is 1. The maximum Gasteiger partial charge on any atom is 0.0795 e. The minimum absolute atomic E-state index is 0.708. The predicted molar refractivity (Wildman–Crippen MR) is 66.2 cm³/mol. The fourth-order valence-electron chi connectivity index (χ4n) is 1.34. The average molecular weight is 234 g/mol. The molecule has 0 fully saturated rings. The van der Waals surface area contributed by atoms with Gasteiger partial charge in [-0.1, -0.05) is 0 Å². The normalized spacial score (nSPS) is 10.5. The van der Waals surface area contributed by atoms with Crippen LogP contribution < -0.4 is 11.1 Å². The second-order valence-corrected chi connectivity index (χ2v) is 4.21. The Morgan fingerprint density at radius 1 is 1.25 bits per heavy atom. The van der Waals surface area contributed by atoms with Gasteiger partial charge in [0.15, 0.2) is 0 Å². The molecule has 0 atom stereocenters. The van der Waals surface area contributed by atoms with Crippen LogP contribution in [0.2, 0.25) is 0 Å². The van der Waals surface area contributed by atoms with Crippen LogP contribution in [0, 0.1) is 0 Å². The molecule has 0 bridgehead atoms. The van der Waals surface area contributed by atoms with E-state index in [9.17, 15) is 0 Å². The number of pyridine rings is 1. The van der Waals surface area contributed by atoms with E-state index in [4.69, 9.17) is 5.73 Å². The SMILES string of the molecule is Nc1ccc(CCNCc2cscn2)nc1. The number of hydrogen-bond acceptors (Lipinski definition) is 5. The molecule has 0 amide bonds. The van der Waals surface area contributed by atoms with Crippen molar-refractivity contribution < 1.29 is 0 Å². The van der Waals surface area contributed by atoms with E-state index in [1.807, 2.05) is 17.6 Å². The van der Waals surface area contributed by atoms with Crippen molar-refractivity contribution in [1.82, 2.24) is 15.3 Å². The summed E-state index contributed by atoms with van der Waals surface area (Å²) in [6, 6.07) is 3.84. The van der Waals surface area contributed by atoms with Gasteiger partial charge in [0.2, 0.25) is 0 Å². The molecule has 0 saturated heterocycles. The molecule has 0 unspecified atom stereocenters. The predicted octanol–water partition coefficient (Wildman–Crippen LogP) is 1.45. The molecule has 2 heterocycles. The lowest BCUT2D eigenvalue weighted by Crippen LogP contribution is -2.17. The quantitative estimate of drug-likeness (QED) is 0.769. The average Bonchev–Trinajstić information content (AvgIpc) is 2.80. The van der Waals surface area contributed by atoms with E-state index in [0.29, 0.717) is 5.69 Å². The molecule has 2 aromatic heterocycles. The highest BCUT2D eigenvalue weighted by Crippen LogP contribution is 2.02. The molecule has 0 saturated carbocycles. The molecule has 84 valence electrons. The first-order valence-corrected chi connectivity index (χ1v) is 6.07. The van der Waals surface area contributed by atoms with Crippen molar-refractivity contribution in [2.24, 2.45) is 0 Å². The Bertz CT molecular complexity index is 410. The number of hydrogen-bond donors (Lipinski definition) is 2. The maximum absolute atomic E-state index is 5.56. The van der Waals surface area contributed by atoms with E-state index in [2.05, 4.69) is 20.7 Å². The van der Waals surface area contributed by atoms with Crippen LogP contribution in [-0.2, 0) is 13.0 Å². The van der Waals surface area contributed by atoms with Gasteiger partial charge in [-0.2, -0.15) is 0 Å². The number of nitrogen functional groups attached to an aromatic ring is 1. The zero-order valence-electron chi connectivity index (χ0n) is 8.89. The van der Waals surface area contributed by atoms with E-state index in [1.165, 1.54) is 0 Å². The molecule has 16 heavy (non-hydrogen) atoms. The van der Waals surface area contributed by atoms with Crippen molar-refractivity contribution in [1.29, 1.82) is 0 Å². The van der Waals surface area contributed by atoms with Crippen LogP contribution >= 0.6 is 11.3 Å². The van der Waals surface area contributed by atoms with Crippen LogP contribution in [-0.4, -0.2) is 16.5 Å². The molecule has 0 spiro atoms. The Hall–Kier alpha value is -1.46. The topological polar surface area (TPSA) is 63.8 Å². The third-order valence-electron chi connectivity index (χ3n) is 2.20. The minimum Gasteiger partial charge on any atom is -0.397 e. The third-order valence-corrected chi connectivity index (χ3v) is 2.83. The van der Waals surface area contributed by atoms with Gasteiger partial charge < -0.3 is 11.1 Å². The molecule has 5 heteroatoms. The fourth-order valence-corrected chi connectivity index (χ4v) is 1.90. The van der Waals surface area contributed by atoms with Crippen LogP contribution in [0.15, 0.2) is 29.2 Å². The number of aromatic nitrogens is 2. The Morgan fingerprint density at radius 2 is 2.19 bits per heavy atom. The summed E-state index contributed by atoms with van der Waals surface area (Å²) in [5, 5.41) is 5.37. The first-order valence-electron chi connectivity index (χ1n) is 5.13. The molecule has 0 radical (unpaired) electrons. The highest BCUT2D eigenvalue weighted by Gasteiger charge is 1.96. The number of anilines is 1. The Kier molecular flexibility index (Phi) is 3.85. The van der Waals surface area contributed by atoms with E-state index >= 15 is 0 Å². The first kappa shape index (κ1) is 11.0. The van der Waals surface area contributed by atoms with Gasteiger partial charge in [-0.25, -0.2) is 4.98 Å². The van der Waals surface area contributed by atoms with E-state index < -0.39 is 0 Å². The van der Waals surface area contributed by atoms with Crippen molar-refractivity contribution >= 4 is 17.0 Å². The van der Waals surface area contributed by atoms with E-state index in [1.54, 1.807) is 17.5 Å². The van der Waals surface area contributed by atoms with E-state index in [0.717, 1.165) is 30.9 Å². The summed E-state index contributed by atoms with van der Waals surface area (Å²) in [6.45, 7) is 1.72. The highest BCUT2D eigenvalue weighted by atomic mass is 32.1. The van der Waals surface area contributed by atoms with Gasteiger partial charge in [0.05, 0.1) is 23.1 Å². The Balaban J connectivity index is 1.70. The van der Waals surface area contributed by atoms with Gasteiger partial charge in [-0.15, -0.1) is 11.3 Å². The van der Waals surface area contributed by atoms with Crippen molar-refractivity contribution in [3.63, 3.8) is 0 Å². The lowest BCUT2D eigenvalue weighted by atomic mass is 10.2. The van der Waals surface area contributed by atoms with Crippen LogP contribution in [0.4, 0.5) is 5.69 Å². The standard InChI is InChI=1S/C11H14N4S/c12-9-1-2-10(14-5-9)3-4-13-6-11-7-16-8-15-11/h1-2,5,7-8,13H,3-4,6,12H2. The summed E-state index contributed by atoms with van der Waals surface area (Å²) in [4.78, 5) is 8.43. The second-order valence-electron chi connectivity index (χ2n) is 3.49. The second kappa shape index (κ2) is 5.58. The maximum atomic E-state index is 5.56. The zero-order chi connectivity index (χ0) is 11.2.